The van der Waals surface area contributed by atoms with E-state index in [1.165, 1.54) is 0 Å². The molecule has 7 heteroatoms. The SMILES string of the molecule is O=C(CC1Oc2ccccc2NC1=O)Nc1cccc(Cl)c1Cl. The predicted octanol–water partition coefficient (Wildman–Crippen LogP) is 3.72. The van der Waals surface area contributed by atoms with Gasteiger partial charge in [-0.1, -0.05) is 41.4 Å². The van der Waals surface area contributed by atoms with Crippen LogP contribution >= 0.6 is 23.2 Å². The van der Waals surface area contributed by atoms with Crippen LogP contribution in [-0.4, -0.2) is 17.9 Å². The molecule has 0 saturated heterocycles. The van der Waals surface area contributed by atoms with Crippen LogP contribution in [0.3, 0.4) is 0 Å². The molecule has 0 bridgehead atoms. The van der Waals surface area contributed by atoms with Crippen LogP contribution in [0.4, 0.5) is 11.4 Å². The fourth-order valence-corrected chi connectivity index (χ4v) is 2.54. The van der Waals surface area contributed by atoms with E-state index in [9.17, 15) is 9.59 Å². The molecule has 2 amide bonds. The summed E-state index contributed by atoms with van der Waals surface area (Å²) in [5.74, 6) is -0.226. The number of carbonyl (C=O) groups is 2. The average molecular weight is 351 g/mol. The van der Waals surface area contributed by atoms with E-state index in [1.54, 1.807) is 42.5 Å². The van der Waals surface area contributed by atoms with Gasteiger partial charge in [0.2, 0.25) is 5.91 Å². The van der Waals surface area contributed by atoms with Crippen LogP contribution in [0.1, 0.15) is 6.42 Å². The van der Waals surface area contributed by atoms with Crippen LogP contribution in [0.2, 0.25) is 10.0 Å². The number of hydrogen-bond acceptors (Lipinski definition) is 3. The summed E-state index contributed by atoms with van der Waals surface area (Å²) in [6.07, 6.45) is -1.04. The second-order valence-electron chi connectivity index (χ2n) is 4.95. The third kappa shape index (κ3) is 3.41. The van der Waals surface area contributed by atoms with E-state index < -0.39 is 12.0 Å². The molecular formula is C16H12Cl2N2O3. The fraction of sp³-hybridized carbons (Fsp3) is 0.125. The van der Waals surface area contributed by atoms with Gasteiger partial charge in [-0.05, 0) is 24.3 Å². The molecule has 1 heterocycles. The van der Waals surface area contributed by atoms with Crippen molar-refractivity contribution in [1.82, 2.24) is 0 Å². The van der Waals surface area contributed by atoms with Gasteiger partial charge in [0.05, 0.1) is 27.8 Å². The topological polar surface area (TPSA) is 67.4 Å². The minimum Gasteiger partial charge on any atom is -0.478 e. The molecule has 2 aromatic rings. The van der Waals surface area contributed by atoms with E-state index in [0.29, 0.717) is 22.1 Å². The molecule has 0 saturated carbocycles. The molecule has 5 nitrogen and oxygen atoms in total. The molecule has 1 unspecified atom stereocenters. The van der Waals surface area contributed by atoms with Crippen molar-refractivity contribution in [3.8, 4) is 5.75 Å². The number of para-hydroxylation sites is 2. The van der Waals surface area contributed by atoms with Gasteiger partial charge in [0.15, 0.2) is 6.10 Å². The first kappa shape index (κ1) is 15.6. The smallest absolute Gasteiger partial charge is 0.266 e. The monoisotopic (exact) mass is 350 g/mol. The molecule has 2 aromatic carbocycles. The van der Waals surface area contributed by atoms with Crippen LogP contribution in [0.25, 0.3) is 0 Å². The van der Waals surface area contributed by atoms with Gasteiger partial charge in [0, 0.05) is 0 Å². The van der Waals surface area contributed by atoms with E-state index >= 15 is 0 Å². The van der Waals surface area contributed by atoms with Crippen molar-refractivity contribution in [3.63, 3.8) is 0 Å². The second kappa shape index (κ2) is 6.48. The fourth-order valence-electron chi connectivity index (χ4n) is 2.20. The number of anilines is 2. The molecule has 1 atom stereocenters. The number of nitrogens with one attached hydrogen (secondary N) is 2. The standard InChI is InChI=1S/C16H12Cl2N2O3/c17-9-4-3-6-11(15(9)18)19-14(21)8-13-16(22)20-10-5-1-2-7-12(10)23-13/h1-7,13H,8H2,(H,19,21)(H,20,22). The highest BCUT2D eigenvalue weighted by molar-refractivity contribution is 6.44. The molecule has 3 rings (SSSR count). The van der Waals surface area contributed by atoms with Gasteiger partial charge >= 0.3 is 0 Å². The van der Waals surface area contributed by atoms with E-state index in [1.807, 2.05) is 0 Å². The lowest BCUT2D eigenvalue weighted by atomic mass is 10.1. The summed E-state index contributed by atoms with van der Waals surface area (Å²) in [4.78, 5) is 24.1. The number of carbonyl (C=O) groups excluding carboxylic acids is 2. The average Bonchev–Trinajstić information content (AvgIpc) is 2.52. The quantitative estimate of drug-likeness (QED) is 0.886. The van der Waals surface area contributed by atoms with Crippen LogP contribution in [-0.2, 0) is 9.59 Å². The zero-order valence-corrected chi connectivity index (χ0v) is 13.3. The van der Waals surface area contributed by atoms with Crippen molar-refractivity contribution in [2.75, 3.05) is 10.6 Å². The molecule has 1 aliphatic rings. The summed E-state index contributed by atoms with van der Waals surface area (Å²) < 4.78 is 5.57. The van der Waals surface area contributed by atoms with Crippen molar-refractivity contribution in [1.29, 1.82) is 0 Å². The Morgan fingerprint density at radius 3 is 2.78 bits per heavy atom. The van der Waals surface area contributed by atoms with E-state index in [0.717, 1.165) is 0 Å². The highest BCUT2D eigenvalue weighted by atomic mass is 35.5. The van der Waals surface area contributed by atoms with E-state index in [4.69, 9.17) is 27.9 Å². The molecule has 0 spiro atoms. The Morgan fingerprint density at radius 1 is 1.17 bits per heavy atom. The maximum Gasteiger partial charge on any atom is 0.266 e. The summed E-state index contributed by atoms with van der Waals surface area (Å²) in [6.45, 7) is 0. The Labute approximate surface area is 142 Å². The number of benzene rings is 2. The lowest BCUT2D eigenvalue weighted by Crippen LogP contribution is -2.39. The third-order valence-electron chi connectivity index (χ3n) is 3.30. The van der Waals surface area contributed by atoms with Crippen LogP contribution in [0.15, 0.2) is 42.5 Å². The molecule has 0 radical (unpaired) electrons. The lowest BCUT2D eigenvalue weighted by Gasteiger charge is -2.25. The first-order chi connectivity index (χ1) is 11.0. The third-order valence-corrected chi connectivity index (χ3v) is 4.12. The molecule has 2 N–H and O–H groups in total. The molecule has 0 fully saturated rings. The van der Waals surface area contributed by atoms with Crippen molar-refractivity contribution in [2.45, 2.75) is 12.5 Å². The van der Waals surface area contributed by atoms with Gasteiger partial charge in [0.25, 0.3) is 5.91 Å². The maximum atomic E-state index is 12.1. The summed E-state index contributed by atoms with van der Waals surface area (Å²) in [5.41, 5.74) is 0.979. The van der Waals surface area contributed by atoms with Crippen LogP contribution < -0.4 is 15.4 Å². The van der Waals surface area contributed by atoms with Gasteiger partial charge in [-0.15, -0.1) is 0 Å². The molecule has 0 aromatic heterocycles. The van der Waals surface area contributed by atoms with Crippen molar-refractivity contribution >= 4 is 46.4 Å². The zero-order chi connectivity index (χ0) is 16.4. The summed E-state index contributed by atoms with van der Waals surface area (Å²) in [5, 5.41) is 5.93. The van der Waals surface area contributed by atoms with Gasteiger partial charge in [-0.25, -0.2) is 0 Å². The van der Waals surface area contributed by atoms with Crippen molar-refractivity contribution in [2.24, 2.45) is 0 Å². The van der Waals surface area contributed by atoms with Crippen LogP contribution in [0.5, 0.6) is 5.75 Å². The largest absolute Gasteiger partial charge is 0.478 e. The first-order valence-corrected chi connectivity index (χ1v) is 7.60. The van der Waals surface area contributed by atoms with Crippen molar-refractivity contribution in [3.05, 3.63) is 52.5 Å². The van der Waals surface area contributed by atoms with E-state index in [-0.39, 0.29) is 17.4 Å². The highest BCUT2D eigenvalue weighted by Crippen LogP contribution is 2.31. The number of rotatable bonds is 3. The van der Waals surface area contributed by atoms with Gasteiger partial charge < -0.3 is 15.4 Å². The molecule has 1 aliphatic heterocycles. The number of ether oxygens (including phenoxy) is 1. The highest BCUT2D eigenvalue weighted by Gasteiger charge is 2.29. The molecule has 0 aliphatic carbocycles. The Kier molecular flexibility index (Phi) is 4.41. The Hall–Kier alpha value is -2.24. The maximum absolute atomic E-state index is 12.1. The Bertz CT molecular complexity index is 780. The van der Waals surface area contributed by atoms with Gasteiger partial charge in [-0.3, -0.25) is 9.59 Å². The summed E-state index contributed by atoms with van der Waals surface area (Å²) in [7, 11) is 0. The molecule has 23 heavy (non-hydrogen) atoms. The zero-order valence-electron chi connectivity index (χ0n) is 11.8. The Balaban J connectivity index is 1.69. The van der Waals surface area contributed by atoms with E-state index in [2.05, 4.69) is 10.6 Å². The number of halogens is 2. The Morgan fingerprint density at radius 2 is 1.96 bits per heavy atom. The minimum absolute atomic E-state index is 0.136. The van der Waals surface area contributed by atoms with Crippen LogP contribution in [0, 0.1) is 0 Å². The van der Waals surface area contributed by atoms with Gasteiger partial charge in [-0.2, -0.15) is 0 Å². The first-order valence-electron chi connectivity index (χ1n) is 6.85. The minimum atomic E-state index is -0.900. The second-order valence-corrected chi connectivity index (χ2v) is 5.73. The summed E-state index contributed by atoms with van der Waals surface area (Å²) in [6, 6.07) is 12.0. The number of fused-ring (bicyclic) bond motifs is 1. The normalized spacial score (nSPS) is 16.1. The molecule has 118 valence electrons. The lowest BCUT2D eigenvalue weighted by molar-refractivity contribution is -0.128. The van der Waals surface area contributed by atoms with Gasteiger partial charge in [0.1, 0.15) is 5.75 Å². The number of amides is 2. The molecular weight excluding hydrogens is 339 g/mol. The predicted molar refractivity (Wildman–Crippen MR) is 89.2 cm³/mol. The number of hydrogen-bond donors (Lipinski definition) is 2. The summed E-state index contributed by atoms with van der Waals surface area (Å²) >= 11 is 11.9. The van der Waals surface area contributed by atoms with Crippen molar-refractivity contribution < 1.29 is 14.3 Å².